The summed E-state index contributed by atoms with van der Waals surface area (Å²) in [4.78, 5) is 24.6. The van der Waals surface area contributed by atoms with Crippen LogP contribution in [0.15, 0.2) is 36.5 Å². The van der Waals surface area contributed by atoms with Crippen LogP contribution in [0.4, 0.5) is 0 Å². The standard InChI is InChI=1S/C67H127NO5/c1-3-5-7-9-11-13-15-17-19-21-22-23-24-25-26-27-28-29-31-35-39-43-47-51-55-59-65(70)64(63-69)68-66(71)60-56-52-48-44-40-36-32-30-34-38-42-46-50-54-58-62-73-67(72)61-57-53-49-45-41-37-33-20-18-16-14-12-10-8-6-4-2/h20,30,33-34,38,42,64-65,69-70H,3-19,21-29,31-32,35-37,39-41,43-63H2,1-2H3,(H,68,71)/b33-20-,34-30-,42-38-. The van der Waals surface area contributed by atoms with Gasteiger partial charge in [0, 0.05) is 12.8 Å². The Kier molecular flexibility index (Phi) is 61.0. The Balaban J connectivity index is 3.49. The van der Waals surface area contributed by atoms with Crippen LogP contribution >= 0.6 is 0 Å². The van der Waals surface area contributed by atoms with Crippen molar-refractivity contribution in [2.45, 2.75) is 366 Å². The lowest BCUT2D eigenvalue weighted by Gasteiger charge is -2.22. The van der Waals surface area contributed by atoms with Crippen LogP contribution in [-0.2, 0) is 14.3 Å². The minimum absolute atomic E-state index is 0.0283. The Morgan fingerprint density at radius 1 is 0.384 bits per heavy atom. The predicted octanol–water partition coefficient (Wildman–Crippen LogP) is 20.8. The van der Waals surface area contributed by atoms with E-state index in [0.717, 1.165) is 77.0 Å². The predicted molar refractivity (Wildman–Crippen MR) is 319 cm³/mol. The van der Waals surface area contributed by atoms with E-state index in [-0.39, 0.29) is 18.5 Å². The number of ether oxygens (including phenoxy) is 1. The van der Waals surface area contributed by atoms with Gasteiger partial charge in [-0.3, -0.25) is 9.59 Å². The molecule has 0 radical (unpaired) electrons. The maximum Gasteiger partial charge on any atom is 0.305 e. The molecule has 6 nitrogen and oxygen atoms in total. The van der Waals surface area contributed by atoms with Gasteiger partial charge in [-0.15, -0.1) is 0 Å². The number of carbonyl (C=O) groups is 2. The van der Waals surface area contributed by atoms with Gasteiger partial charge in [-0.2, -0.15) is 0 Å². The molecule has 0 saturated heterocycles. The van der Waals surface area contributed by atoms with Crippen LogP contribution in [-0.4, -0.2) is 47.4 Å². The molecule has 0 rings (SSSR count). The lowest BCUT2D eigenvalue weighted by atomic mass is 10.0. The molecule has 0 aromatic rings. The van der Waals surface area contributed by atoms with Crippen molar-refractivity contribution in [3.63, 3.8) is 0 Å². The van der Waals surface area contributed by atoms with Crippen LogP contribution in [0.3, 0.4) is 0 Å². The van der Waals surface area contributed by atoms with Gasteiger partial charge in [-0.25, -0.2) is 0 Å². The van der Waals surface area contributed by atoms with Crippen molar-refractivity contribution in [1.82, 2.24) is 5.32 Å². The third kappa shape index (κ3) is 59.2. The number of unbranched alkanes of at least 4 members (excludes halogenated alkanes) is 45. The molecule has 2 unspecified atom stereocenters. The van der Waals surface area contributed by atoms with E-state index >= 15 is 0 Å². The van der Waals surface area contributed by atoms with E-state index in [4.69, 9.17) is 4.74 Å². The molecule has 0 spiro atoms. The summed E-state index contributed by atoms with van der Waals surface area (Å²) in [5, 5.41) is 23.4. The Bertz CT molecular complexity index is 1180. The number of aliphatic hydroxyl groups excluding tert-OH is 2. The quantitative estimate of drug-likeness (QED) is 0.0244. The number of hydrogen-bond acceptors (Lipinski definition) is 5. The fourth-order valence-corrected chi connectivity index (χ4v) is 10.2. The molecule has 430 valence electrons. The van der Waals surface area contributed by atoms with Crippen molar-refractivity contribution in [2.75, 3.05) is 13.2 Å². The van der Waals surface area contributed by atoms with E-state index in [1.54, 1.807) is 0 Å². The minimum Gasteiger partial charge on any atom is -0.466 e. The topological polar surface area (TPSA) is 95.9 Å². The molecule has 0 aromatic heterocycles. The normalized spacial score (nSPS) is 12.8. The van der Waals surface area contributed by atoms with Gasteiger partial charge < -0.3 is 20.3 Å². The Morgan fingerprint density at radius 2 is 0.685 bits per heavy atom. The molecule has 0 saturated carbocycles. The van der Waals surface area contributed by atoms with Gasteiger partial charge in [-0.05, 0) is 83.5 Å². The van der Waals surface area contributed by atoms with Crippen LogP contribution in [0.1, 0.15) is 354 Å². The first-order valence-corrected chi connectivity index (χ1v) is 32.8. The second-order valence-electron chi connectivity index (χ2n) is 22.5. The summed E-state index contributed by atoms with van der Waals surface area (Å²) >= 11 is 0. The smallest absolute Gasteiger partial charge is 0.305 e. The largest absolute Gasteiger partial charge is 0.466 e. The zero-order chi connectivity index (χ0) is 52.9. The maximum atomic E-state index is 12.5. The fraction of sp³-hybridized carbons (Fsp3) is 0.881. The minimum atomic E-state index is -0.681. The van der Waals surface area contributed by atoms with Crippen molar-refractivity contribution >= 4 is 11.9 Å². The van der Waals surface area contributed by atoms with Crippen molar-refractivity contribution in [3.05, 3.63) is 36.5 Å². The summed E-state index contributed by atoms with van der Waals surface area (Å²) in [6.07, 6.45) is 78.8. The maximum absolute atomic E-state index is 12.5. The number of carbonyl (C=O) groups excluding carboxylic acids is 2. The Morgan fingerprint density at radius 3 is 1.05 bits per heavy atom. The van der Waals surface area contributed by atoms with E-state index in [1.165, 1.54) is 244 Å². The first kappa shape index (κ1) is 71.1. The van der Waals surface area contributed by atoms with Gasteiger partial charge >= 0.3 is 5.97 Å². The van der Waals surface area contributed by atoms with Crippen molar-refractivity contribution in [2.24, 2.45) is 0 Å². The average Bonchev–Trinajstić information content (AvgIpc) is 3.39. The SMILES string of the molecule is CCCCCCCCC/C=C\CCCCCCCC(=O)OCCCCC/C=C\C=C/CCCCCCCCC(=O)NC(CO)C(O)CCCCCCCCCCCCCCCCCCCCCCCCCCC. The van der Waals surface area contributed by atoms with Gasteiger partial charge in [0.05, 0.1) is 25.4 Å². The molecule has 3 N–H and O–H groups in total. The second-order valence-corrected chi connectivity index (χ2v) is 22.5. The number of rotatable bonds is 61. The number of allylic oxidation sites excluding steroid dienone is 6. The molecule has 1 amide bonds. The van der Waals surface area contributed by atoms with Crippen LogP contribution in [0, 0.1) is 0 Å². The Hall–Kier alpha value is -1.92. The van der Waals surface area contributed by atoms with Gasteiger partial charge in [-0.1, -0.05) is 294 Å². The number of esters is 1. The number of hydrogen-bond donors (Lipinski definition) is 3. The van der Waals surface area contributed by atoms with Gasteiger partial charge in [0.25, 0.3) is 0 Å². The van der Waals surface area contributed by atoms with E-state index in [0.29, 0.717) is 25.9 Å². The van der Waals surface area contributed by atoms with E-state index in [2.05, 4.69) is 55.6 Å². The molecule has 73 heavy (non-hydrogen) atoms. The third-order valence-corrected chi connectivity index (χ3v) is 15.2. The molecule has 6 heteroatoms. The van der Waals surface area contributed by atoms with E-state index < -0.39 is 12.1 Å². The zero-order valence-corrected chi connectivity index (χ0v) is 49.1. The van der Waals surface area contributed by atoms with Crippen molar-refractivity contribution < 1.29 is 24.5 Å². The summed E-state index contributed by atoms with van der Waals surface area (Å²) in [5.41, 5.74) is 0. The van der Waals surface area contributed by atoms with Crippen molar-refractivity contribution in [1.29, 1.82) is 0 Å². The van der Waals surface area contributed by atoms with Gasteiger partial charge in [0.1, 0.15) is 0 Å². The van der Waals surface area contributed by atoms with Crippen LogP contribution in [0.5, 0.6) is 0 Å². The molecule has 0 fully saturated rings. The highest BCUT2D eigenvalue weighted by Crippen LogP contribution is 2.18. The van der Waals surface area contributed by atoms with E-state index in [9.17, 15) is 19.8 Å². The highest BCUT2D eigenvalue weighted by molar-refractivity contribution is 5.76. The number of amides is 1. The summed E-state index contributed by atoms with van der Waals surface area (Å²) in [5.74, 6) is -0.0826. The average molecular weight is 1030 g/mol. The van der Waals surface area contributed by atoms with Gasteiger partial charge in [0.2, 0.25) is 5.91 Å². The molecule has 0 aliphatic heterocycles. The van der Waals surface area contributed by atoms with Crippen LogP contribution in [0.25, 0.3) is 0 Å². The first-order valence-electron chi connectivity index (χ1n) is 32.8. The lowest BCUT2D eigenvalue weighted by Crippen LogP contribution is -2.45. The molecular weight excluding hydrogens is 899 g/mol. The molecule has 0 aromatic carbocycles. The van der Waals surface area contributed by atoms with E-state index in [1.807, 2.05) is 0 Å². The zero-order valence-electron chi connectivity index (χ0n) is 49.1. The molecular formula is C67H127NO5. The number of aliphatic hydroxyl groups is 2. The van der Waals surface area contributed by atoms with Crippen molar-refractivity contribution in [3.8, 4) is 0 Å². The van der Waals surface area contributed by atoms with Crippen LogP contribution < -0.4 is 5.32 Å². The summed E-state index contributed by atoms with van der Waals surface area (Å²) in [6, 6.07) is -0.560. The lowest BCUT2D eigenvalue weighted by molar-refractivity contribution is -0.143. The molecule has 0 aliphatic carbocycles. The first-order chi connectivity index (χ1) is 36.0. The highest BCUT2D eigenvalue weighted by Gasteiger charge is 2.20. The fourth-order valence-electron chi connectivity index (χ4n) is 10.2. The highest BCUT2D eigenvalue weighted by atomic mass is 16.5. The van der Waals surface area contributed by atoms with Crippen LogP contribution in [0.2, 0.25) is 0 Å². The molecule has 0 aliphatic rings. The number of nitrogens with one attached hydrogen (secondary N) is 1. The molecule has 0 heterocycles. The monoisotopic (exact) mass is 1030 g/mol. The second kappa shape index (κ2) is 62.6. The summed E-state index contributed by atoms with van der Waals surface area (Å²) in [7, 11) is 0. The summed E-state index contributed by atoms with van der Waals surface area (Å²) < 4.78 is 5.46. The summed E-state index contributed by atoms with van der Waals surface area (Å²) in [6.45, 7) is 4.92. The Labute approximate surface area is 455 Å². The van der Waals surface area contributed by atoms with Gasteiger partial charge in [0.15, 0.2) is 0 Å². The molecule has 0 bridgehead atoms. The molecule has 2 atom stereocenters. The third-order valence-electron chi connectivity index (χ3n) is 15.2.